The predicted molar refractivity (Wildman–Crippen MR) is 72.4 cm³/mol. The molecule has 0 radical (unpaired) electrons. The van der Waals surface area contributed by atoms with E-state index in [9.17, 15) is 4.79 Å². The fraction of sp³-hybridized carbons (Fsp3) is 0.500. The molecule has 0 aliphatic rings. The van der Waals surface area contributed by atoms with Gasteiger partial charge in [-0.1, -0.05) is 13.8 Å². The highest BCUT2D eigenvalue weighted by molar-refractivity contribution is 7.14. The second kappa shape index (κ2) is 6.39. The molecular weight excluding hydrogens is 234 g/mol. The van der Waals surface area contributed by atoms with E-state index in [1.165, 1.54) is 11.3 Å². The van der Waals surface area contributed by atoms with Crippen LogP contribution in [0.15, 0.2) is 17.2 Å². The highest BCUT2D eigenvalue weighted by Crippen LogP contribution is 2.20. The maximum atomic E-state index is 10.5. The van der Waals surface area contributed by atoms with Crippen molar-refractivity contribution in [3.05, 3.63) is 21.9 Å². The van der Waals surface area contributed by atoms with Crippen LogP contribution >= 0.6 is 11.3 Å². The van der Waals surface area contributed by atoms with E-state index in [4.69, 9.17) is 5.73 Å². The number of rotatable bonds is 5. The fourth-order valence-corrected chi connectivity index (χ4v) is 2.30. The van der Waals surface area contributed by atoms with Crippen molar-refractivity contribution >= 4 is 23.1 Å². The van der Waals surface area contributed by atoms with Crippen LogP contribution in [-0.2, 0) is 6.42 Å². The molecule has 0 aromatic carbocycles. The second-order valence-corrected chi connectivity index (χ2v) is 5.54. The van der Waals surface area contributed by atoms with Crippen LogP contribution in [0.2, 0.25) is 0 Å². The molecule has 17 heavy (non-hydrogen) atoms. The van der Waals surface area contributed by atoms with Crippen molar-refractivity contribution in [1.29, 1.82) is 0 Å². The van der Waals surface area contributed by atoms with Crippen molar-refractivity contribution in [3.63, 3.8) is 0 Å². The van der Waals surface area contributed by atoms with E-state index in [-0.39, 0.29) is 0 Å². The van der Waals surface area contributed by atoms with Crippen molar-refractivity contribution in [2.24, 2.45) is 16.8 Å². The Bertz CT molecular complexity index is 410. The van der Waals surface area contributed by atoms with Crippen LogP contribution in [0.25, 0.3) is 0 Å². The summed E-state index contributed by atoms with van der Waals surface area (Å²) in [7, 11) is 0. The molecule has 94 valence electrons. The summed E-state index contributed by atoms with van der Waals surface area (Å²) in [6.07, 6.45) is 2.29. The summed E-state index contributed by atoms with van der Waals surface area (Å²) in [5.41, 5.74) is 7.97. The number of nitrogens with zero attached hydrogens (tertiary/aromatic N) is 1. The quantitative estimate of drug-likeness (QED) is 0.615. The summed E-state index contributed by atoms with van der Waals surface area (Å²) in [6.45, 7) is 6.30. The van der Waals surface area contributed by atoms with Crippen LogP contribution in [0.1, 0.15) is 36.9 Å². The minimum atomic E-state index is -0.638. The Kier molecular flexibility index (Phi) is 5.15. The van der Waals surface area contributed by atoms with E-state index in [0.29, 0.717) is 5.92 Å². The minimum absolute atomic E-state index is 0.638. The van der Waals surface area contributed by atoms with E-state index in [1.807, 2.05) is 13.0 Å². The number of amides is 2. The molecule has 0 spiro atoms. The van der Waals surface area contributed by atoms with Crippen LogP contribution in [0, 0.1) is 5.92 Å². The molecule has 0 atom stereocenters. The average molecular weight is 253 g/mol. The zero-order valence-electron chi connectivity index (χ0n) is 10.5. The molecule has 0 saturated heterocycles. The van der Waals surface area contributed by atoms with Gasteiger partial charge in [-0.3, -0.25) is 0 Å². The van der Waals surface area contributed by atoms with Gasteiger partial charge in [0.2, 0.25) is 0 Å². The number of aryl methyl sites for hydroxylation is 1. The summed E-state index contributed by atoms with van der Waals surface area (Å²) in [5.74, 6) is 0.715. The number of hydrazone groups is 1. The SMILES string of the molecule is CC(=NNC(N)=O)c1ccc(CCC(C)C)s1. The molecule has 0 aliphatic heterocycles. The number of thiophene rings is 1. The van der Waals surface area contributed by atoms with Crippen molar-refractivity contribution in [2.45, 2.75) is 33.6 Å². The largest absolute Gasteiger partial charge is 0.350 e. The summed E-state index contributed by atoms with van der Waals surface area (Å²) < 4.78 is 0. The standard InChI is InChI=1S/C12H19N3OS/c1-8(2)4-5-10-6-7-11(17-10)9(3)14-15-12(13)16/h6-8H,4-5H2,1-3H3,(H3,13,15,16). The molecule has 0 saturated carbocycles. The molecule has 1 rings (SSSR count). The molecule has 2 amide bonds. The zero-order valence-corrected chi connectivity index (χ0v) is 11.3. The van der Waals surface area contributed by atoms with Gasteiger partial charge < -0.3 is 5.73 Å². The number of carbonyl (C=O) groups is 1. The van der Waals surface area contributed by atoms with E-state index in [2.05, 4.69) is 30.4 Å². The molecule has 0 bridgehead atoms. The second-order valence-electron chi connectivity index (χ2n) is 4.37. The smallest absolute Gasteiger partial charge is 0.332 e. The van der Waals surface area contributed by atoms with Gasteiger partial charge in [-0.25, -0.2) is 10.2 Å². The summed E-state index contributed by atoms with van der Waals surface area (Å²) in [4.78, 5) is 12.9. The highest BCUT2D eigenvalue weighted by Gasteiger charge is 2.04. The molecule has 1 aromatic rings. The lowest BCUT2D eigenvalue weighted by atomic mass is 10.1. The lowest BCUT2D eigenvalue weighted by Crippen LogP contribution is -2.25. The molecule has 4 nitrogen and oxygen atoms in total. The Hall–Kier alpha value is -1.36. The number of hydrogen-bond donors (Lipinski definition) is 2. The number of carbonyl (C=O) groups excluding carboxylic acids is 1. The lowest BCUT2D eigenvalue weighted by molar-refractivity contribution is 0.249. The number of nitrogens with one attached hydrogen (secondary N) is 1. The first-order valence-electron chi connectivity index (χ1n) is 5.68. The minimum Gasteiger partial charge on any atom is -0.350 e. The van der Waals surface area contributed by atoms with Gasteiger partial charge in [0.25, 0.3) is 0 Å². The monoisotopic (exact) mass is 253 g/mol. The zero-order chi connectivity index (χ0) is 12.8. The van der Waals surface area contributed by atoms with Gasteiger partial charge in [0.15, 0.2) is 0 Å². The van der Waals surface area contributed by atoms with E-state index < -0.39 is 6.03 Å². The first-order valence-corrected chi connectivity index (χ1v) is 6.49. The van der Waals surface area contributed by atoms with E-state index in [0.717, 1.165) is 17.0 Å². The molecule has 0 fully saturated rings. The van der Waals surface area contributed by atoms with Crippen LogP contribution in [0.5, 0.6) is 0 Å². The van der Waals surface area contributed by atoms with Gasteiger partial charge in [0.1, 0.15) is 0 Å². The molecule has 0 unspecified atom stereocenters. The van der Waals surface area contributed by atoms with Gasteiger partial charge in [-0.15, -0.1) is 11.3 Å². The first-order chi connectivity index (χ1) is 7.99. The maximum absolute atomic E-state index is 10.5. The third-order valence-electron chi connectivity index (χ3n) is 2.32. The molecule has 3 N–H and O–H groups in total. The van der Waals surface area contributed by atoms with Crippen molar-refractivity contribution in [3.8, 4) is 0 Å². The van der Waals surface area contributed by atoms with Crippen molar-refractivity contribution in [1.82, 2.24) is 5.43 Å². The molecule has 1 heterocycles. The summed E-state index contributed by atoms with van der Waals surface area (Å²) in [5, 5.41) is 3.91. The first kappa shape index (κ1) is 13.7. The Morgan fingerprint density at radius 3 is 2.82 bits per heavy atom. The lowest BCUT2D eigenvalue weighted by Gasteiger charge is -2.01. The van der Waals surface area contributed by atoms with Crippen LogP contribution in [-0.4, -0.2) is 11.7 Å². The third-order valence-corrected chi connectivity index (χ3v) is 3.57. The molecule has 0 aliphatic carbocycles. The number of primary amides is 1. The molecule has 5 heteroatoms. The van der Waals surface area contributed by atoms with E-state index in [1.54, 1.807) is 11.3 Å². The molecular formula is C12H19N3OS. The fourth-order valence-electron chi connectivity index (χ4n) is 1.33. The maximum Gasteiger partial charge on any atom is 0.332 e. The van der Waals surface area contributed by atoms with Gasteiger partial charge >= 0.3 is 6.03 Å². The van der Waals surface area contributed by atoms with Crippen LogP contribution in [0.3, 0.4) is 0 Å². The van der Waals surface area contributed by atoms with Crippen molar-refractivity contribution in [2.75, 3.05) is 0 Å². The average Bonchev–Trinajstić information content (AvgIpc) is 2.71. The van der Waals surface area contributed by atoms with Crippen molar-refractivity contribution < 1.29 is 4.79 Å². The Labute approximate surface area is 106 Å². The Morgan fingerprint density at radius 1 is 1.53 bits per heavy atom. The number of nitrogens with two attached hydrogens (primary N) is 1. The Morgan fingerprint density at radius 2 is 2.24 bits per heavy atom. The summed E-state index contributed by atoms with van der Waals surface area (Å²) >= 11 is 1.71. The predicted octanol–water partition coefficient (Wildman–Crippen LogP) is 2.73. The number of hydrogen-bond acceptors (Lipinski definition) is 3. The van der Waals surface area contributed by atoms with Gasteiger partial charge in [-0.05, 0) is 37.8 Å². The normalized spacial score (nSPS) is 11.9. The van der Waals surface area contributed by atoms with Gasteiger partial charge in [0, 0.05) is 4.88 Å². The number of urea groups is 1. The van der Waals surface area contributed by atoms with Crippen LogP contribution < -0.4 is 11.2 Å². The Balaban J connectivity index is 2.60. The van der Waals surface area contributed by atoms with Gasteiger partial charge in [0.05, 0.1) is 10.6 Å². The van der Waals surface area contributed by atoms with Crippen LogP contribution in [0.4, 0.5) is 4.79 Å². The highest BCUT2D eigenvalue weighted by atomic mass is 32.1. The molecule has 1 aromatic heterocycles. The summed E-state index contributed by atoms with van der Waals surface area (Å²) in [6, 6.07) is 3.51. The van der Waals surface area contributed by atoms with E-state index >= 15 is 0 Å². The van der Waals surface area contributed by atoms with Gasteiger partial charge in [-0.2, -0.15) is 5.10 Å². The third kappa shape index (κ3) is 4.99. The topological polar surface area (TPSA) is 67.5 Å².